The first kappa shape index (κ1) is 14.6. The van der Waals surface area contributed by atoms with Gasteiger partial charge in [0.05, 0.1) is 11.8 Å². The first-order valence-corrected chi connectivity index (χ1v) is 5.48. The molecule has 0 spiro atoms. The van der Waals surface area contributed by atoms with E-state index >= 15 is 0 Å². The van der Waals surface area contributed by atoms with Crippen molar-refractivity contribution in [2.75, 3.05) is 0 Å². The number of fused-ring (bicyclic) bond motifs is 1. The summed E-state index contributed by atoms with van der Waals surface area (Å²) in [4.78, 5) is 41.0. The second-order valence-electron chi connectivity index (χ2n) is 3.89. The Bertz CT molecular complexity index is 445. The minimum absolute atomic E-state index is 0.188. The average Bonchev–Trinajstić information content (AvgIpc) is 2.64. The second-order valence-corrected chi connectivity index (χ2v) is 3.89. The van der Waals surface area contributed by atoms with Gasteiger partial charge in [-0.1, -0.05) is 12.2 Å². The summed E-state index contributed by atoms with van der Waals surface area (Å²) in [6, 6.07) is 0. The van der Waals surface area contributed by atoms with Gasteiger partial charge in [0.15, 0.2) is 0 Å². The molecule has 0 aromatic rings. The first-order valence-electron chi connectivity index (χ1n) is 5.48. The molecule has 102 valence electrons. The molecule has 1 aliphatic carbocycles. The van der Waals surface area contributed by atoms with Gasteiger partial charge in [-0.05, 0) is 12.8 Å². The van der Waals surface area contributed by atoms with Crippen molar-refractivity contribution in [1.82, 2.24) is 0 Å². The lowest BCUT2D eigenvalue weighted by molar-refractivity contribution is -0.153. The number of cyclic esters (lactones) is 2. The van der Waals surface area contributed by atoms with Gasteiger partial charge in [0.2, 0.25) is 0 Å². The van der Waals surface area contributed by atoms with Crippen molar-refractivity contribution in [3.63, 3.8) is 0 Å². The van der Waals surface area contributed by atoms with Gasteiger partial charge in [-0.25, -0.2) is 9.59 Å². The molecule has 2 N–H and O–H groups in total. The molecular formula is C12H12O7. The number of allylic oxidation sites excluding steroid dienone is 1. The van der Waals surface area contributed by atoms with Gasteiger partial charge < -0.3 is 14.9 Å². The number of carbonyl (C=O) groups excluding carboxylic acids is 2. The number of ether oxygens (including phenoxy) is 1. The summed E-state index contributed by atoms with van der Waals surface area (Å²) in [5.74, 6) is -3.70. The normalized spacial score (nSPS) is 24.4. The molecule has 1 saturated heterocycles. The van der Waals surface area contributed by atoms with Crippen molar-refractivity contribution in [1.29, 1.82) is 0 Å². The summed E-state index contributed by atoms with van der Waals surface area (Å²) >= 11 is 0. The highest BCUT2D eigenvalue weighted by Crippen LogP contribution is 2.32. The molecule has 0 amide bonds. The molecule has 0 aromatic heterocycles. The molecule has 7 heteroatoms. The lowest BCUT2D eigenvalue weighted by Crippen LogP contribution is -2.17. The third kappa shape index (κ3) is 4.38. The Morgan fingerprint density at radius 3 is 2.21 bits per heavy atom. The maximum atomic E-state index is 10.9. The minimum atomic E-state index is -1.26. The molecule has 7 nitrogen and oxygen atoms in total. The van der Waals surface area contributed by atoms with Crippen LogP contribution in [-0.4, -0.2) is 34.1 Å². The van der Waals surface area contributed by atoms with Crippen LogP contribution in [0.4, 0.5) is 0 Å². The second kappa shape index (κ2) is 6.48. The van der Waals surface area contributed by atoms with Crippen molar-refractivity contribution in [3.8, 4) is 0 Å². The van der Waals surface area contributed by atoms with Gasteiger partial charge >= 0.3 is 23.9 Å². The smallest absolute Gasteiger partial charge is 0.328 e. The first-order chi connectivity index (χ1) is 8.91. The topological polar surface area (TPSA) is 118 Å². The number of rotatable bonds is 2. The Morgan fingerprint density at radius 1 is 1.16 bits per heavy atom. The van der Waals surface area contributed by atoms with Gasteiger partial charge in [-0.15, -0.1) is 0 Å². The van der Waals surface area contributed by atoms with E-state index in [4.69, 9.17) is 10.2 Å². The van der Waals surface area contributed by atoms with Crippen LogP contribution in [-0.2, 0) is 23.9 Å². The summed E-state index contributed by atoms with van der Waals surface area (Å²) in [7, 11) is 0. The van der Waals surface area contributed by atoms with Gasteiger partial charge in [-0.2, -0.15) is 0 Å². The molecule has 2 rings (SSSR count). The fourth-order valence-corrected chi connectivity index (χ4v) is 1.73. The third-order valence-corrected chi connectivity index (χ3v) is 2.57. The maximum Gasteiger partial charge on any atom is 0.328 e. The van der Waals surface area contributed by atoms with Crippen LogP contribution in [0.5, 0.6) is 0 Å². The monoisotopic (exact) mass is 268 g/mol. The van der Waals surface area contributed by atoms with Gasteiger partial charge in [0.1, 0.15) is 0 Å². The van der Waals surface area contributed by atoms with E-state index in [1.165, 1.54) is 0 Å². The predicted octanol–water partition coefficient (Wildman–Crippen LogP) is 0.364. The maximum absolute atomic E-state index is 10.9. The van der Waals surface area contributed by atoms with Crippen LogP contribution in [0.3, 0.4) is 0 Å². The zero-order chi connectivity index (χ0) is 14.4. The van der Waals surface area contributed by atoms with Crippen molar-refractivity contribution >= 4 is 23.9 Å². The van der Waals surface area contributed by atoms with Crippen LogP contribution in [0.1, 0.15) is 12.8 Å². The van der Waals surface area contributed by atoms with E-state index in [9.17, 15) is 19.2 Å². The quantitative estimate of drug-likeness (QED) is 0.321. The van der Waals surface area contributed by atoms with Gasteiger partial charge in [-0.3, -0.25) is 9.59 Å². The molecule has 1 aliphatic heterocycles. The predicted molar refractivity (Wildman–Crippen MR) is 60.9 cm³/mol. The fourth-order valence-electron chi connectivity index (χ4n) is 1.73. The largest absolute Gasteiger partial charge is 0.478 e. The van der Waals surface area contributed by atoms with Crippen LogP contribution in [0.2, 0.25) is 0 Å². The zero-order valence-corrected chi connectivity index (χ0v) is 9.81. The van der Waals surface area contributed by atoms with E-state index in [-0.39, 0.29) is 23.8 Å². The lowest BCUT2D eigenvalue weighted by Gasteiger charge is -2.12. The number of hydrogen-bond donors (Lipinski definition) is 2. The van der Waals surface area contributed by atoms with Gasteiger partial charge in [0, 0.05) is 12.2 Å². The zero-order valence-electron chi connectivity index (χ0n) is 9.81. The Morgan fingerprint density at radius 2 is 1.74 bits per heavy atom. The molecule has 2 atom stereocenters. The summed E-state index contributed by atoms with van der Waals surface area (Å²) in [5.41, 5.74) is 0. The number of hydrogen-bond acceptors (Lipinski definition) is 5. The lowest BCUT2D eigenvalue weighted by atomic mass is 9.86. The van der Waals surface area contributed by atoms with Crippen LogP contribution in [0, 0.1) is 11.8 Å². The van der Waals surface area contributed by atoms with E-state index in [2.05, 4.69) is 4.74 Å². The molecular weight excluding hydrogens is 256 g/mol. The van der Waals surface area contributed by atoms with E-state index in [0.29, 0.717) is 12.2 Å². The summed E-state index contributed by atoms with van der Waals surface area (Å²) < 4.78 is 4.48. The van der Waals surface area contributed by atoms with Crippen LogP contribution >= 0.6 is 0 Å². The van der Waals surface area contributed by atoms with Crippen LogP contribution < -0.4 is 0 Å². The molecule has 19 heavy (non-hydrogen) atoms. The van der Waals surface area contributed by atoms with E-state index < -0.39 is 11.9 Å². The molecule has 0 aromatic carbocycles. The number of esters is 2. The van der Waals surface area contributed by atoms with E-state index in [1.54, 1.807) is 6.08 Å². The fraction of sp³-hybridized carbons (Fsp3) is 0.333. The highest BCUT2D eigenvalue weighted by Gasteiger charge is 2.43. The van der Waals surface area contributed by atoms with Crippen molar-refractivity contribution in [3.05, 3.63) is 24.3 Å². The molecule has 0 bridgehead atoms. The molecule has 0 radical (unpaired) electrons. The Kier molecular flexibility index (Phi) is 4.99. The van der Waals surface area contributed by atoms with Crippen LogP contribution in [0.25, 0.3) is 0 Å². The standard InChI is InChI=1S/C8H8O3.C4H4O4/c9-7-5-3-1-2-4-6(5)8(10)11-7;5-3(6)1-2-4(7)8/h1,3,5-6H,2,4H2;1-2H,(H,5,6)(H,7,8). The average molecular weight is 268 g/mol. The Labute approximate surface area is 108 Å². The van der Waals surface area contributed by atoms with E-state index in [1.807, 2.05) is 6.08 Å². The van der Waals surface area contributed by atoms with Gasteiger partial charge in [0.25, 0.3) is 0 Å². The number of carbonyl (C=O) groups is 4. The van der Waals surface area contributed by atoms with Crippen molar-refractivity contribution in [2.24, 2.45) is 11.8 Å². The molecule has 1 fully saturated rings. The van der Waals surface area contributed by atoms with E-state index in [0.717, 1.165) is 12.8 Å². The molecule has 1 heterocycles. The third-order valence-electron chi connectivity index (χ3n) is 2.57. The van der Waals surface area contributed by atoms with Crippen LogP contribution in [0.15, 0.2) is 24.3 Å². The summed E-state index contributed by atoms with van der Waals surface area (Å²) in [5, 5.41) is 15.6. The molecule has 2 unspecified atom stereocenters. The number of carboxylic acid groups (broad SMARTS) is 2. The highest BCUT2D eigenvalue weighted by atomic mass is 16.6. The molecule has 2 aliphatic rings. The Hall–Kier alpha value is -2.44. The molecule has 0 saturated carbocycles. The SMILES string of the molecule is O=C(O)C=CC(=O)O.O=C1OC(=O)C2CCC=CC12. The van der Waals surface area contributed by atoms with Crippen molar-refractivity contribution < 1.29 is 34.1 Å². The van der Waals surface area contributed by atoms with Crippen molar-refractivity contribution in [2.45, 2.75) is 12.8 Å². The number of aliphatic carboxylic acids is 2. The summed E-state index contributed by atoms with van der Waals surface area (Å²) in [6.45, 7) is 0. The minimum Gasteiger partial charge on any atom is -0.478 e. The Balaban J connectivity index is 0.000000203. The highest BCUT2D eigenvalue weighted by molar-refractivity contribution is 5.97. The number of carboxylic acids is 2. The summed E-state index contributed by atoms with van der Waals surface area (Å²) in [6.07, 6.45) is 6.46.